The third kappa shape index (κ3) is 5.57. The van der Waals surface area contributed by atoms with E-state index in [2.05, 4.69) is 5.32 Å². The fourth-order valence-electron chi connectivity index (χ4n) is 4.82. The molecule has 1 amide bonds. The maximum Gasteiger partial charge on any atom is 0.246 e. The molecule has 0 saturated heterocycles. The summed E-state index contributed by atoms with van der Waals surface area (Å²) in [7, 11) is 0. The van der Waals surface area contributed by atoms with Crippen LogP contribution < -0.4 is 10.1 Å². The molecule has 5 nitrogen and oxygen atoms in total. The molecule has 2 aromatic rings. The molecule has 170 valence electrons. The molecule has 3 saturated carbocycles. The summed E-state index contributed by atoms with van der Waals surface area (Å²) < 4.78 is 11.0. The first-order valence-electron chi connectivity index (χ1n) is 10.5. The van der Waals surface area contributed by atoms with Gasteiger partial charge < -0.3 is 14.8 Å². The maximum atomic E-state index is 12.2. The van der Waals surface area contributed by atoms with Crippen molar-refractivity contribution in [2.24, 2.45) is 5.41 Å². The zero-order valence-electron chi connectivity index (χ0n) is 17.5. The summed E-state index contributed by atoms with van der Waals surface area (Å²) in [5, 5.41) is 4.59. The third-order valence-corrected chi connectivity index (χ3v) is 7.13. The van der Waals surface area contributed by atoms with Crippen LogP contribution in [0.1, 0.15) is 37.7 Å². The van der Waals surface area contributed by atoms with Crippen molar-refractivity contribution in [3.8, 4) is 5.75 Å². The fraction of sp³-hybridized carbons (Fsp3) is 0.417. The molecule has 8 heteroatoms. The number of Topliss-reactive ketones (excluding diaryl/α,β-unsaturated/α-hetero) is 1. The van der Waals surface area contributed by atoms with Gasteiger partial charge in [0.15, 0.2) is 5.78 Å². The zero-order chi connectivity index (χ0) is 22.8. The third-order valence-electron chi connectivity index (χ3n) is 6.16. The van der Waals surface area contributed by atoms with Gasteiger partial charge in [-0.2, -0.15) is 0 Å². The van der Waals surface area contributed by atoms with Crippen molar-refractivity contribution in [3.05, 3.63) is 63.1 Å². The van der Waals surface area contributed by atoms with Crippen molar-refractivity contribution in [1.82, 2.24) is 5.32 Å². The highest BCUT2D eigenvalue weighted by molar-refractivity contribution is 6.42. The van der Waals surface area contributed by atoms with Gasteiger partial charge in [-0.05, 0) is 60.9 Å². The van der Waals surface area contributed by atoms with E-state index < -0.39 is 0 Å². The van der Waals surface area contributed by atoms with Crippen molar-refractivity contribution >= 4 is 46.5 Å². The summed E-state index contributed by atoms with van der Waals surface area (Å²) in [4.78, 5) is 24.4. The monoisotopic (exact) mass is 495 g/mol. The number of hydrogen-bond donors (Lipinski definition) is 1. The lowest BCUT2D eigenvalue weighted by molar-refractivity contribution is -0.172. The number of benzene rings is 2. The lowest BCUT2D eigenvalue weighted by atomic mass is 9.38. The van der Waals surface area contributed by atoms with Gasteiger partial charge in [0.1, 0.15) is 19.0 Å². The minimum atomic E-state index is -0.115. The van der Waals surface area contributed by atoms with E-state index in [1.807, 2.05) is 18.2 Å². The molecular formula is C24H24Cl3NO4. The molecule has 3 aliphatic carbocycles. The molecule has 3 aliphatic rings. The van der Waals surface area contributed by atoms with E-state index in [1.165, 1.54) is 0 Å². The maximum absolute atomic E-state index is 12.2. The Kier molecular flexibility index (Phi) is 7.01. The van der Waals surface area contributed by atoms with E-state index >= 15 is 0 Å². The van der Waals surface area contributed by atoms with Crippen molar-refractivity contribution in [2.45, 2.75) is 44.2 Å². The molecule has 2 bridgehead atoms. The standard InChI is InChI=1S/C24H24Cl3NO4/c25-17-3-1-2-16(8-17)10-31-12-22(30)28-24-13-23(14-24,15-24)7-6-18(29)11-32-19-4-5-20(26)21(27)9-19/h1-5,8-9H,6-7,10-15H2,(H,28,30). The van der Waals surface area contributed by atoms with Gasteiger partial charge in [-0.1, -0.05) is 46.9 Å². The number of amides is 1. The van der Waals surface area contributed by atoms with Crippen LogP contribution in [0.4, 0.5) is 0 Å². The first kappa shape index (κ1) is 23.4. The molecule has 2 aromatic carbocycles. The van der Waals surface area contributed by atoms with Gasteiger partial charge in [-0.3, -0.25) is 9.59 Å². The molecule has 32 heavy (non-hydrogen) atoms. The summed E-state index contributed by atoms with van der Waals surface area (Å²) in [6.45, 7) is 0.378. The Bertz CT molecular complexity index is 1010. The second-order valence-corrected chi connectivity index (χ2v) is 10.1. The lowest BCUT2D eigenvalue weighted by Crippen LogP contribution is -2.74. The second kappa shape index (κ2) is 9.60. The Hall–Kier alpha value is -1.79. The van der Waals surface area contributed by atoms with Gasteiger partial charge in [0.25, 0.3) is 0 Å². The van der Waals surface area contributed by atoms with Gasteiger partial charge in [-0.15, -0.1) is 0 Å². The van der Waals surface area contributed by atoms with Crippen LogP contribution in [0.25, 0.3) is 0 Å². The van der Waals surface area contributed by atoms with Crippen molar-refractivity contribution < 1.29 is 19.1 Å². The summed E-state index contributed by atoms with van der Waals surface area (Å²) in [5.41, 5.74) is 0.993. The van der Waals surface area contributed by atoms with E-state index in [0.717, 1.165) is 31.2 Å². The van der Waals surface area contributed by atoms with E-state index in [0.29, 0.717) is 33.8 Å². The summed E-state index contributed by atoms with van der Waals surface area (Å²) in [6, 6.07) is 12.3. The highest BCUT2D eigenvalue weighted by Crippen LogP contribution is 2.69. The number of halogens is 3. The van der Waals surface area contributed by atoms with Crippen LogP contribution in [-0.4, -0.2) is 30.4 Å². The summed E-state index contributed by atoms with van der Waals surface area (Å²) in [5.74, 6) is 0.470. The Morgan fingerprint density at radius 2 is 1.75 bits per heavy atom. The molecule has 0 radical (unpaired) electrons. The molecule has 0 atom stereocenters. The van der Waals surface area contributed by atoms with Crippen LogP contribution >= 0.6 is 34.8 Å². The van der Waals surface area contributed by atoms with Crippen molar-refractivity contribution in [2.75, 3.05) is 13.2 Å². The molecule has 0 unspecified atom stereocenters. The molecule has 3 fully saturated rings. The predicted molar refractivity (Wildman–Crippen MR) is 124 cm³/mol. The zero-order valence-corrected chi connectivity index (χ0v) is 19.7. The lowest BCUT2D eigenvalue weighted by Gasteiger charge is -2.71. The molecule has 0 aromatic heterocycles. The number of hydrogen-bond acceptors (Lipinski definition) is 4. The average molecular weight is 497 g/mol. The topological polar surface area (TPSA) is 64.6 Å². The van der Waals surface area contributed by atoms with E-state index in [1.54, 1.807) is 24.3 Å². The molecule has 1 N–H and O–H groups in total. The summed E-state index contributed by atoms with van der Waals surface area (Å²) >= 11 is 17.8. The number of rotatable bonds is 11. The smallest absolute Gasteiger partial charge is 0.246 e. The van der Waals surface area contributed by atoms with Crippen LogP contribution in [0.5, 0.6) is 5.75 Å². The van der Waals surface area contributed by atoms with Gasteiger partial charge in [0, 0.05) is 23.0 Å². The first-order chi connectivity index (χ1) is 15.3. The number of carbonyl (C=O) groups is 2. The van der Waals surface area contributed by atoms with Crippen molar-refractivity contribution in [3.63, 3.8) is 0 Å². The second-order valence-electron chi connectivity index (χ2n) is 8.88. The van der Waals surface area contributed by atoms with Crippen LogP contribution in [0.3, 0.4) is 0 Å². The highest BCUT2D eigenvalue weighted by atomic mass is 35.5. The van der Waals surface area contributed by atoms with Crippen LogP contribution in [0.2, 0.25) is 15.1 Å². The summed E-state index contributed by atoms with van der Waals surface area (Å²) in [6.07, 6.45) is 4.04. The quantitative estimate of drug-likeness (QED) is 0.438. The predicted octanol–water partition coefficient (Wildman–Crippen LogP) is 5.63. The Morgan fingerprint density at radius 1 is 0.969 bits per heavy atom. The molecule has 0 aliphatic heterocycles. The van der Waals surface area contributed by atoms with E-state index in [9.17, 15) is 9.59 Å². The Labute approximate surface area is 202 Å². The Balaban J connectivity index is 1.11. The first-order valence-corrected chi connectivity index (χ1v) is 11.6. The van der Waals surface area contributed by atoms with Gasteiger partial charge >= 0.3 is 0 Å². The van der Waals surface area contributed by atoms with Crippen LogP contribution in [0.15, 0.2) is 42.5 Å². The van der Waals surface area contributed by atoms with E-state index in [-0.39, 0.29) is 35.9 Å². The van der Waals surface area contributed by atoms with Crippen LogP contribution in [0, 0.1) is 5.41 Å². The highest BCUT2D eigenvalue weighted by Gasteiger charge is 2.67. The Morgan fingerprint density at radius 3 is 2.47 bits per heavy atom. The molecular weight excluding hydrogens is 473 g/mol. The number of carbonyl (C=O) groups excluding carboxylic acids is 2. The van der Waals surface area contributed by atoms with Gasteiger partial charge in [0.05, 0.1) is 16.7 Å². The number of nitrogens with one attached hydrogen (secondary N) is 1. The van der Waals surface area contributed by atoms with Gasteiger partial charge in [0.2, 0.25) is 5.91 Å². The SMILES string of the molecule is O=C(CCC12CC(NC(=O)COCc3cccc(Cl)c3)(C1)C2)COc1ccc(Cl)c(Cl)c1. The van der Waals surface area contributed by atoms with Gasteiger partial charge in [-0.25, -0.2) is 0 Å². The molecule has 5 rings (SSSR count). The normalized spacial score (nSPS) is 23.1. The van der Waals surface area contributed by atoms with E-state index in [4.69, 9.17) is 44.3 Å². The molecule has 0 heterocycles. The minimum Gasteiger partial charge on any atom is -0.486 e. The van der Waals surface area contributed by atoms with Crippen LogP contribution in [-0.2, 0) is 20.9 Å². The average Bonchev–Trinajstić information content (AvgIpc) is 2.69. The fourth-order valence-corrected chi connectivity index (χ4v) is 5.32. The number of ketones is 1. The van der Waals surface area contributed by atoms with Crippen molar-refractivity contribution in [1.29, 1.82) is 0 Å². The number of ether oxygens (including phenoxy) is 2. The minimum absolute atomic E-state index is 0.0138. The largest absolute Gasteiger partial charge is 0.486 e. The molecule has 0 spiro atoms.